The summed E-state index contributed by atoms with van der Waals surface area (Å²) in [5, 5.41) is 9.38. The predicted octanol–water partition coefficient (Wildman–Crippen LogP) is 0.842. The molecule has 0 saturated heterocycles. The summed E-state index contributed by atoms with van der Waals surface area (Å²) >= 11 is 0. The summed E-state index contributed by atoms with van der Waals surface area (Å²) in [6.45, 7) is 3.45. The lowest BCUT2D eigenvalue weighted by Crippen LogP contribution is -1.99. The average Bonchev–Trinajstić information content (AvgIpc) is 2.05. The minimum absolute atomic E-state index is 0.553. The standard InChI is InChI=1S/C9H10N2O/c1-3-4-9(12)8-5-6-10-7(2)11-8/h5-6,9,12H,1-2H3. The fourth-order valence-corrected chi connectivity index (χ4v) is 0.837. The van der Waals surface area contributed by atoms with E-state index in [2.05, 4.69) is 21.8 Å². The molecule has 1 aromatic rings. The van der Waals surface area contributed by atoms with Crippen LogP contribution in [0.4, 0.5) is 0 Å². The highest BCUT2D eigenvalue weighted by atomic mass is 16.3. The Morgan fingerprint density at radius 1 is 1.58 bits per heavy atom. The Bertz CT molecular complexity index is 325. The smallest absolute Gasteiger partial charge is 0.157 e. The van der Waals surface area contributed by atoms with E-state index in [0.717, 1.165) is 0 Å². The number of aryl methyl sites for hydroxylation is 1. The third-order valence-electron chi connectivity index (χ3n) is 1.36. The van der Waals surface area contributed by atoms with Crippen molar-refractivity contribution in [2.45, 2.75) is 20.0 Å². The number of aromatic nitrogens is 2. The first-order valence-electron chi connectivity index (χ1n) is 3.64. The second kappa shape index (κ2) is 3.84. The highest BCUT2D eigenvalue weighted by Crippen LogP contribution is 2.06. The van der Waals surface area contributed by atoms with Gasteiger partial charge in [0.25, 0.3) is 0 Å². The second-order valence-electron chi connectivity index (χ2n) is 2.33. The molecule has 1 rings (SSSR count). The lowest BCUT2D eigenvalue weighted by molar-refractivity contribution is 0.233. The molecule has 0 radical (unpaired) electrons. The van der Waals surface area contributed by atoms with Gasteiger partial charge in [0.15, 0.2) is 6.10 Å². The van der Waals surface area contributed by atoms with Gasteiger partial charge in [-0.15, -0.1) is 5.92 Å². The van der Waals surface area contributed by atoms with Crippen LogP contribution in [0.2, 0.25) is 0 Å². The van der Waals surface area contributed by atoms with Crippen LogP contribution in [-0.4, -0.2) is 15.1 Å². The molecule has 0 aromatic carbocycles. The normalized spacial score (nSPS) is 11.6. The van der Waals surface area contributed by atoms with Crippen molar-refractivity contribution < 1.29 is 5.11 Å². The molecule has 3 nitrogen and oxygen atoms in total. The fourth-order valence-electron chi connectivity index (χ4n) is 0.837. The quantitative estimate of drug-likeness (QED) is 0.622. The molecule has 0 aliphatic carbocycles. The summed E-state index contributed by atoms with van der Waals surface area (Å²) in [7, 11) is 0. The molecule has 1 heterocycles. The van der Waals surface area contributed by atoms with Crippen LogP contribution in [0.3, 0.4) is 0 Å². The minimum Gasteiger partial charge on any atom is -0.374 e. The zero-order chi connectivity index (χ0) is 8.97. The zero-order valence-corrected chi connectivity index (χ0v) is 7.07. The largest absolute Gasteiger partial charge is 0.374 e. The van der Waals surface area contributed by atoms with E-state index in [4.69, 9.17) is 0 Å². The third-order valence-corrected chi connectivity index (χ3v) is 1.36. The Balaban J connectivity index is 2.92. The van der Waals surface area contributed by atoms with Gasteiger partial charge in [0.1, 0.15) is 5.82 Å². The molecule has 0 bridgehead atoms. The maximum Gasteiger partial charge on any atom is 0.157 e. The maximum absolute atomic E-state index is 9.38. The number of aliphatic hydroxyl groups is 1. The lowest BCUT2D eigenvalue weighted by atomic mass is 10.2. The van der Waals surface area contributed by atoms with E-state index in [0.29, 0.717) is 11.5 Å². The molecular weight excluding hydrogens is 152 g/mol. The van der Waals surface area contributed by atoms with E-state index in [-0.39, 0.29) is 0 Å². The predicted molar refractivity (Wildman–Crippen MR) is 45.2 cm³/mol. The molecule has 1 atom stereocenters. The Morgan fingerprint density at radius 3 is 2.92 bits per heavy atom. The summed E-state index contributed by atoms with van der Waals surface area (Å²) in [5.41, 5.74) is 0.553. The highest BCUT2D eigenvalue weighted by molar-refractivity contribution is 5.16. The first-order chi connectivity index (χ1) is 5.74. The summed E-state index contributed by atoms with van der Waals surface area (Å²) in [5.74, 6) is 5.87. The van der Waals surface area contributed by atoms with Gasteiger partial charge in [0, 0.05) is 6.20 Å². The molecule has 3 heteroatoms. The molecule has 0 spiro atoms. The van der Waals surface area contributed by atoms with E-state index < -0.39 is 6.10 Å². The van der Waals surface area contributed by atoms with Gasteiger partial charge in [-0.2, -0.15) is 0 Å². The number of aliphatic hydroxyl groups excluding tert-OH is 1. The van der Waals surface area contributed by atoms with Crippen molar-refractivity contribution in [1.82, 2.24) is 9.97 Å². The van der Waals surface area contributed by atoms with Crippen molar-refractivity contribution in [1.29, 1.82) is 0 Å². The SMILES string of the molecule is CC#CC(O)c1ccnc(C)n1. The van der Waals surface area contributed by atoms with Gasteiger partial charge in [0.05, 0.1) is 5.69 Å². The van der Waals surface area contributed by atoms with Crippen molar-refractivity contribution in [2.75, 3.05) is 0 Å². The molecule has 0 amide bonds. The summed E-state index contributed by atoms with van der Waals surface area (Å²) in [4.78, 5) is 7.94. The van der Waals surface area contributed by atoms with Crippen molar-refractivity contribution in [3.8, 4) is 11.8 Å². The van der Waals surface area contributed by atoms with Crippen LogP contribution in [-0.2, 0) is 0 Å². The molecule has 0 aliphatic rings. The van der Waals surface area contributed by atoms with E-state index in [1.165, 1.54) is 0 Å². The van der Waals surface area contributed by atoms with Crippen LogP contribution in [0.5, 0.6) is 0 Å². The van der Waals surface area contributed by atoms with Gasteiger partial charge in [0.2, 0.25) is 0 Å². The maximum atomic E-state index is 9.38. The Labute approximate surface area is 71.5 Å². The average molecular weight is 162 g/mol. The summed E-state index contributed by atoms with van der Waals surface area (Å²) in [6.07, 6.45) is 0.815. The molecule has 1 unspecified atom stereocenters. The second-order valence-corrected chi connectivity index (χ2v) is 2.33. The van der Waals surface area contributed by atoms with Gasteiger partial charge in [-0.1, -0.05) is 5.92 Å². The zero-order valence-electron chi connectivity index (χ0n) is 7.07. The third kappa shape index (κ3) is 2.04. The number of hydrogen-bond donors (Lipinski definition) is 1. The molecule has 0 aliphatic heterocycles. The van der Waals surface area contributed by atoms with E-state index in [1.54, 1.807) is 26.1 Å². The van der Waals surface area contributed by atoms with Crippen molar-refractivity contribution >= 4 is 0 Å². The molecule has 1 N–H and O–H groups in total. The monoisotopic (exact) mass is 162 g/mol. The lowest BCUT2D eigenvalue weighted by Gasteiger charge is -2.01. The van der Waals surface area contributed by atoms with Crippen LogP contribution >= 0.6 is 0 Å². The summed E-state index contributed by atoms with van der Waals surface area (Å²) in [6, 6.07) is 1.65. The van der Waals surface area contributed by atoms with Gasteiger partial charge >= 0.3 is 0 Å². The highest BCUT2D eigenvalue weighted by Gasteiger charge is 2.04. The minimum atomic E-state index is -0.795. The molecule has 0 fully saturated rings. The van der Waals surface area contributed by atoms with Gasteiger partial charge in [-0.05, 0) is 19.9 Å². The number of nitrogens with zero attached hydrogens (tertiary/aromatic N) is 2. The van der Waals surface area contributed by atoms with E-state index >= 15 is 0 Å². The van der Waals surface area contributed by atoms with Crippen LogP contribution in [0.15, 0.2) is 12.3 Å². The van der Waals surface area contributed by atoms with Crippen LogP contribution in [0.1, 0.15) is 24.5 Å². The van der Waals surface area contributed by atoms with Crippen molar-refractivity contribution in [3.05, 3.63) is 23.8 Å². The van der Waals surface area contributed by atoms with Crippen LogP contribution in [0, 0.1) is 18.8 Å². The number of rotatable bonds is 1. The topological polar surface area (TPSA) is 46.0 Å². The van der Waals surface area contributed by atoms with Crippen LogP contribution in [0.25, 0.3) is 0 Å². The van der Waals surface area contributed by atoms with Gasteiger partial charge in [-0.3, -0.25) is 0 Å². The fraction of sp³-hybridized carbons (Fsp3) is 0.333. The molecule has 0 saturated carbocycles. The first-order valence-corrected chi connectivity index (χ1v) is 3.64. The first kappa shape index (κ1) is 8.69. The Hall–Kier alpha value is -1.40. The van der Waals surface area contributed by atoms with Crippen molar-refractivity contribution in [3.63, 3.8) is 0 Å². The summed E-state index contributed by atoms with van der Waals surface area (Å²) < 4.78 is 0. The van der Waals surface area contributed by atoms with E-state index in [1.807, 2.05) is 0 Å². The number of hydrogen-bond acceptors (Lipinski definition) is 3. The van der Waals surface area contributed by atoms with Gasteiger partial charge in [-0.25, -0.2) is 9.97 Å². The Morgan fingerprint density at radius 2 is 2.33 bits per heavy atom. The molecule has 62 valence electrons. The van der Waals surface area contributed by atoms with Crippen LogP contribution < -0.4 is 0 Å². The molecule has 1 aromatic heterocycles. The van der Waals surface area contributed by atoms with Gasteiger partial charge < -0.3 is 5.11 Å². The van der Waals surface area contributed by atoms with E-state index in [9.17, 15) is 5.11 Å². The van der Waals surface area contributed by atoms with Crippen molar-refractivity contribution in [2.24, 2.45) is 0 Å². The Kier molecular flexibility index (Phi) is 2.78. The molecule has 12 heavy (non-hydrogen) atoms. The molecular formula is C9H10N2O.